The van der Waals surface area contributed by atoms with Gasteiger partial charge in [0.05, 0.1) is 7.11 Å². The van der Waals surface area contributed by atoms with Gasteiger partial charge in [-0.05, 0) is 35.8 Å². The average Bonchev–Trinajstić information content (AvgIpc) is 2.55. The van der Waals surface area contributed by atoms with Gasteiger partial charge in [0.15, 0.2) is 11.5 Å². The lowest BCUT2D eigenvalue weighted by molar-refractivity contribution is -0.116. The molecule has 0 radical (unpaired) electrons. The van der Waals surface area contributed by atoms with Gasteiger partial charge in [0.1, 0.15) is 0 Å². The van der Waals surface area contributed by atoms with Crippen molar-refractivity contribution in [2.45, 2.75) is 6.42 Å². The number of phenolic OH excluding ortho intramolecular Hbond substituents is 1. The lowest BCUT2D eigenvalue weighted by Gasteiger charge is -2.04. The van der Waals surface area contributed by atoms with E-state index in [-0.39, 0.29) is 11.7 Å². The van der Waals surface area contributed by atoms with E-state index >= 15 is 0 Å². The highest BCUT2D eigenvalue weighted by atomic mass is 16.5. The molecule has 114 valence electrons. The zero-order valence-corrected chi connectivity index (χ0v) is 12.5. The van der Waals surface area contributed by atoms with E-state index in [9.17, 15) is 9.90 Å². The molecule has 2 aromatic rings. The summed E-state index contributed by atoms with van der Waals surface area (Å²) in [5, 5.41) is 12.3. The predicted molar refractivity (Wildman–Crippen MR) is 86.8 cm³/mol. The van der Waals surface area contributed by atoms with E-state index in [0.717, 1.165) is 12.0 Å². The number of nitrogens with one attached hydrogen (secondary N) is 1. The Hall–Kier alpha value is -2.75. The number of ether oxygens (including phenoxy) is 1. The summed E-state index contributed by atoms with van der Waals surface area (Å²) in [7, 11) is 1.48. The normalized spacial score (nSPS) is 10.6. The first-order chi connectivity index (χ1) is 10.7. The molecule has 0 aliphatic carbocycles. The average molecular weight is 297 g/mol. The fourth-order valence-electron chi connectivity index (χ4n) is 2.00. The third-order valence-electron chi connectivity index (χ3n) is 3.19. The Kier molecular flexibility index (Phi) is 5.60. The minimum absolute atomic E-state index is 0.0759. The molecule has 4 nitrogen and oxygen atoms in total. The van der Waals surface area contributed by atoms with Gasteiger partial charge in [-0.2, -0.15) is 0 Å². The minimum atomic E-state index is -0.150. The van der Waals surface area contributed by atoms with Crippen molar-refractivity contribution in [1.29, 1.82) is 0 Å². The molecule has 2 N–H and O–H groups in total. The standard InChI is InChI=1S/C18H19NO3/c1-22-17-13-15(7-9-16(17)20)8-10-18(21)19-12-11-14-5-3-2-4-6-14/h2-10,13,20H,11-12H2,1H3,(H,19,21)/b10-8-. The number of rotatable bonds is 6. The van der Waals surface area contributed by atoms with E-state index in [1.54, 1.807) is 18.2 Å². The fraction of sp³-hybridized carbons (Fsp3) is 0.167. The highest BCUT2D eigenvalue weighted by Crippen LogP contribution is 2.26. The molecule has 0 saturated heterocycles. The molecule has 0 bridgehead atoms. The van der Waals surface area contributed by atoms with Crippen LogP contribution in [0.4, 0.5) is 0 Å². The van der Waals surface area contributed by atoms with E-state index in [0.29, 0.717) is 12.3 Å². The Labute approximate surface area is 130 Å². The van der Waals surface area contributed by atoms with Crippen LogP contribution in [-0.2, 0) is 11.2 Å². The van der Waals surface area contributed by atoms with E-state index in [1.165, 1.54) is 24.8 Å². The molecule has 0 aliphatic rings. The van der Waals surface area contributed by atoms with Crippen LogP contribution in [-0.4, -0.2) is 24.7 Å². The monoisotopic (exact) mass is 297 g/mol. The van der Waals surface area contributed by atoms with Crippen molar-refractivity contribution in [3.05, 3.63) is 65.7 Å². The lowest BCUT2D eigenvalue weighted by atomic mass is 10.1. The van der Waals surface area contributed by atoms with Gasteiger partial charge in [0, 0.05) is 12.6 Å². The smallest absolute Gasteiger partial charge is 0.244 e. The maximum atomic E-state index is 11.7. The number of carbonyl (C=O) groups excluding carboxylic acids is 1. The molecule has 0 aromatic heterocycles. The van der Waals surface area contributed by atoms with Gasteiger partial charge < -0.3 is 15.2 Å². The van der Waals surface area contributed by atoms with Gasteiger partial charge in [-0.25, -0.2) is 0 Å². The quantitative estimate of drug-likeness (QED) is 0.806. The molecular weight excluding hydrogens is 278 g/mol. The summed E-state index contributed by atoms with van der Waals surface area (Å²) in [6, 6.07) is 14.9. The molecule has 0 aliphatic heterocycles. The minimum Gasteiger partial charge on any atom is -0.504 e. The number of benzene rings is 2. The van der Waals surface area contributed by atoms with Gasteiger partial charge in [-0.3, -0.25) is 4.79 Å². The van der Waals surface area contributed by atoms with Crippen LogP contribution in [0.5, 0.6) is 11.5 Å². The van der Waals surface area contributed by atoms with Crippen molar-refractivity contribution >= 4 is 12.0 Å². The first-order valence-electron chi connectivity index (χ1n) is 7.06. The summed E-state index contributed by atoms with van der Waals surface area (Å²) in [5.41, 5.74) is 1.97. The lowest BCUT2D eigenvalue weighted by Crippen LogP contribution is -2.23. The van der Waals surface area contributed by atoms with Crippen LogP contribution in [0.3, 0.4) is 0 Å². The predicted octanol–water partition coefficient (Wildman–Crippen LogP) is 2.77. The first-order valence-corrected chi connectivity index (χ1v) is 7.06. The van der Waals surface area contributed by atoms with Crippen molar-refractivity contribution in [2.24, 2.45) is 0 Å². The zero-order valence-electron chi connectivity index (χ0n) is 12.5. The van der Waals surface area contributed by atoms with Gasteiger partial charge in [0.2, 0.25) is 5.91 Å². The number of hydrogen-bond acceptors (Lipinski definition) is 3. The van der Waals surface area contributed by atoms with Crippen molar-refractivity contribution in [3.8, 4) is 11.5 Å². The maximum absolute atomic E-state index is 11.7. The third-order valence-corrected chi connectivity index (χ3v) is 3.19. The highest BCUT2D eigenvalue weighted by Gasteiger charge is 2.01. The van der Waals surface area contributed by atoms with Crippen LogP contribution in [0.1, 0.15) is 11.1 Å². The number of hydrogen-bond donors (Lipinski definition) is 2. The van der Waals surface area contributed by atoms with Gasteiger partial charge in [-0.15, -0.1) is 0 Å². The second-order valence-corrected chi connectivity index (χ2v) is 4.79. The van der Waals surface area contributed by atoms with Crippen LogP contribution in [0, 0.1) is 0 Å². The summed E-state index contributed by atoms with van der Waals surface area (Å²) in [6.07, 6.45) is 3.95. The zero-order chi connectivity index (χ0) is 15.8. The van der Waals surface area contributed by atoms with Crippen molar-refractivity contribution in [2.75, 3.05) is 13.7 Å². The summed E-state index contributed by atoms with van der Waals surface area (Å²) in [6.45, 7) is 0.589. The van der Waals surface area contributed by atoms with Crippen molar-refractivity contribution < 1.29 is 14.6 Å². The Morgan fingerprint density at radius 2 is 2.00 bits per heavy atom. The van der Waals surface area contributed by atoms with Crippen LogP contribution < -0.4 is 10.1 Å². The molecule has 2 aromatic carbocycles. The van der Waals surface area contributed by atoms with Gasteiger partial charge in [0.25, 0.3) is 0 Å². The van der Waals surface area contributed by atoms with Crippen LogP contribution >= 0.6 is 0 Å². The summed E-state index contributed by atoms with van der Waals surface area (Å²) in [5.74, 6) is 0.307. The topological polar surface area (TPSA) is 58.6 Å². The third kappa shape index (κ3) is 4.66. The molecule has 2 rings (SSSR count). The molecule has 1 amide bonds. The maximum Gasteiger partial charge on any atom is 0.244 e. The van der Waals surface area contributed by atoms with Crippen LogP contribution in [0.2, 0.25) is 0 Å². The summed E-state index contributed by atoms with van der Waals surface area (Å²) in [4.78, 5) is 11.7. The van der Waals surface area contributed by atoms with Crippen molar-refractivity contribution in [1.82, 2.24) is 5.32 Å². The van der Waals surface area contributed by atoms with Gasteiger partial charge in [-0.1, -0.05) is 36.4 Å². The summed E-state index contributed by atoms with van der Waals surface area (Å²) < 4.78 is 5.02. The molecule has 0 fully saturated rings. The largest absolute Gasteiger partial charge is 0.504 e. The van der Waals surface area contributed by atoms with E-state index in [2.05, 4.69) is 5.32 Å². The Bertz CT molecular complexity index is 651. The highest BCUT2D eigenvalue weighted by molar-refractivity contribution is 5.91. The molecule has 0 spiro atoms. The number of amides is 1. The van der Waals surface area contributed by atoms with E-state index in [1.807, 2.05) is 30.3 Å². The molecule has 0 saturated carbocycles. The first kappa shape index (κ1) is 15.6. The van der Waals surface area contributed by atoms with Crippen LogP contribution in [0.15, 0.2) is 54.6 Å². The number of phenols is 1. The SMILES string of the molecule is COc1cc(/C=C\C(=O)NCCc2ccccc2)ccc1O. The molecule has 4 heteroatoms. The van der Waals surface area contributed by atoms with Crippen LogP contribution in [0.25, 0.3) is 6.08 Å². The fourth-order valence-corrected chi connectivity index (χ4v) is 2.00. The Morgan fingerprint density at radius 1 is 1.23 bits per heavy atom. The Balaban J connectivity index is 1.83. The molecule has 0 atom stereocenters. The second-order valence-electron chi connectivity index (χ2n) is 4.79. The summed E-state index contributed by atoms with van der Waals surface area (Å²) >= 11 is 0. The molecule has 22 heavy (non-hydrogen) atoms. The number of carbonyl (C=O) groups is 1. The van der Waals surface area contributed by atoms with E-state index < -0.39 is 0 Å². The van der Waals surface area contributed by atoms with Crippen molar-refractivity contribution in [3.63, 3.8) is 0 Å². The van der Waals surface area contributed by atoms with Gasteiger partial charge >= 0.3 is 0 Å². The second kappa shape index (κ2) is 7.88. The van der Waals surface area contributed by atoms with E-state index in [4.69, 9.17) is 4.74 Å². The Morgan fingerprint density at radius 3 is 2.73 bits per heavy atom. The molecule has 0 heterocycles. The number of methoxy groups -OCH3 is 1. The molecule has 0 unspecified atom stereocenters. The molecular formula is C18H19NO3. The number of aromatic hydroxyl groups is 1.